The number of aliphatic hydroxyl groups is 6. The van der Waals surface area contributed by atoms with Crippen LogP contribution in [0, 0.1) is 0 Å². The maximum Gasteiger partial charge on any atom is 0.187 e. The topological polar surface area (TPSA) is 169 Å². The van der Waals surface area contributed by atoms with Crippen molar-refractivity contribution in [2.45, 2.75) is 119 Å². The normalized spacial score (nSPS) is 38.8. The Hall–Kier alpha value is -0.950. The van der Waals surface area contributed by atoms with Gasteiger partial charge in [0.15, 0.2) is 12.1 Å². The van der Waals surface area contributed by atoms with Gasteiger partial charge in [0.1, 0.15) is 30.5 Å². The molecule has 0 unspecified atom stereocenters. The highest BCUT2D eigenvalue weighted by Crippen LogP contribution is 2.29. The van der Waals surface area contributed by atoms with E-state index in [1.807, 2.05) is 0 Å². The van der Waals surface area contributed by atoms with Gasteiger partial charge in [-0.15, -0.1) is 0 Å². The molecular weight excluding hydrogens is 446 g/mol. The standard InChI is InChI=1S/C24H41NO9/c26-12-16-19(29)23(34-24-22(32)21(31)20(30)18(13-27)33-24)15(25-16)10-5-3-1-2-4-8-14-9-6-7-11-17(14)28/h9,15-16,18-27,29-32H,1-8,10-13H2/t15-,16+,18-,19-,20-,21+,22-,23-,24+/m1/s1. The van der Waals surface area contributed by atoms with Crippen LogP contribution in [0.25, 0.3) is 0 Å². The largest absolute Gasteiger partial charge is 0.395 e. The van der Waals surface area contributed by atoms with Crippen molar-refractivity contribution >= 4 is 5.78 Å². The maximum atomic E-state index is 11.9. The zero-order valence-corrected chi connectivity index (χ0v) is 19.7. The lowest BCUT2D eigenvalue weighted by Crippen LogP contribution is -2.60. The van der Waals surface area contributed by atoms with Crippen LogP contribution in [0.15, 0.2) is 11.6 Å². The molecule has 7 N–H and O–H groups in total. The fourth-order valence-electron chi connectivity index (χ4n) is 5.12. The molecule has 10 nitrogen and oxygen atoms in total. The molecule has 0 spiro atoms. The Kier molecular flexibility index (Phi) is 10.9. The van der Waals surface area contributed by atoms with E-state index in [1.54, 1.807) is 0 Å². The highest BCUT2D eigenvalue weighted by molar-refractivity contribution is 5.95. The summed E-state index contributed by atoms with van der Waals surface area (Å²) in [4.78, 5) is 11.9. The van der Waals surface area contributed by atoms with Crippen molar-refractivity contribution in [1.82, 2.24) is 5.32 Å². The molecule has 2 fully saturated rings. The molecule has 2 heterocycles. The number of ketones is 1. The lowest BCUT2D eigenvalue weighted by atomic mass is 9.93. The van der Waals surface area contributed by atoms with Gasteiger partial charge in [0.05, 0.1) is 25.4 Å². The van der Waals surface area contributed by atoms with Crippen molar-refractivity contribution in [3.05, 3.63) is 11.6 Å². The molecule has 34 heavy (non-hydrogen) atoms. The van der Waals surface area contributed by atoms with E-state index in [4.69, 9.17) is 9.47 Å². The fraction of sp³-hybridized carbons (Fsp3) is 0.875. The Morgan fingerprint density at radius 3 is 2.35 bits per heavy atom. The highest BCUT2D eigenvalue weighted by Gasteiger charge is 2.49. The lowest BCUT2D eigenvalue weighted by molar-refractivity contribution is -0.316. The second-order valence-electron chi connectivity index (χ2n) is 9.70. The number of Topliss-reactive ketones (excluding diaryl/α,β-unsaturated/α-hetero) is 1. The van der Waals surface area contributed by atoms with E-state index < -0.39 is 55.6 Å². The first-order valence-corrected chi connectivity index (χ1v) is 12.6. The summed E-state index contributed by atoms with van der Waals surface area (Å²) in [7, 11) is 0. The van der Waals surface area contributed by atoms with Gasteiger partial charge in [0.25, 0.3) is 0 Å². The molecule has 3 rings (SSSR count). The Labute approximate surface area is 200 Å². The summed E-state index contributed by atoms with van der Waals surface area (Å²) in [5.41, 5.74) is 0.985. The number of nitrogens with one attached hydrogen (secondary N) is 1. The Balaban J connectivity index is 1.44. The number of rotatable bonds is 12. The molecular formula is C24H41NO9. The second kappa shape index (κ2) is 13.4. The van der Waals surface area contributed by atoms with Crippen LogP contribution < -0.4 is 5.32 Å². The fourth-order valence-corrected chi connectivity index (χ4v) is 5.12. The molecule has 10 heteroatoms. The van der Waals surface area contributed by atoms with Crippen LogP contribution in [-0.4, -0.2) is 105 Å². The molecule has 1 aliphatic carbocycles. The molecule has 0 aromatic rings. The van der Waals surface area contributed by atoms with Gasteiger partial charge >= 0.3 is 0 Å². The van der Waals surface area contributed by atoms with E-state index >= 15 is 0 Å². The monoisotopic (exact) mass is 487 g/mol. The zero-order chi connectivity index (χ0) is 24.7. The lowest BCUT2D eigenvalue weighted by Gasteiger charge is -2.41. The summed E-state index contributed by atoms with van der Waals surface area (Å²) < 4.78 is 11.3. The van der Waals surface area contributed by atoms with Crippen LogP contribution in [0.5, 0.6) is 0 Å². The summed E-state index contributed by atoms with van der Waals surface area (Å²) in [6.07, 6.45) is 2.23. The minimum atomic E-state index is -1.56. The molecule has 0 amide bonds. The first kappa shape index (κ1) is 27.6. The second-order valence-corrected chi connectivity index (χ2v) is 9.70. The van der Waals surface area contributed by atoms with Crippen LogP contribution in [0.4, 0.5) is 0 Å². The van der Waals surface area contributed by atoms with Gasteiger partial charge in [0, 0.05) is 12.5 Å². The minimum absolute atomic E-state index is 0.291. The van der Waals surface area contributed by atoms with E-state index in [-0.39, 0.29) is 12.6 Å². The first-order valence-electron chi connectivity index (χ1n) is 12.6. The quantitative estimate of drug-likeness (QED) is 0.174. The van der Waals surface area contributed by atoms with Crippen molar-refractivity contribution in [3.63, 3.8) is 0 Å². The average molecular weight is 488 g/mol. The summed E-state index contributed by atoms with van der Waals surface area (Å²) in [6.45, 7) is -0.856. The van der Waals surface area contributed by atoms with Crippen LogP contribution in [0.3, 0.4) is 0 Å². The van der Waals surface area contributed by atoms with Crippen LogP contribution in [-0.2, 0) is 14.3 Å². The van der Waals surface area contributed by atoms with Crippen LogP contribution in [0.1, 0.15) is 64.2 Å². The first-order chi connectivity index (χ1) is 16.4. The SMILES string of the molecule is O=C1CCCC=C1CCCCCCC[C@H]1N[C@@H](CO)[C@@H](O)[C@@H]1O[C@@H]1O[C@H](CO)[C@@H](O)[C@H](O)[C@H]1O. The van der Waals surface area contributed by atoms with Gasteiger partial charge in [-0.3, -0.25) is 4.79 Å². The number of hydrogen-bond donors (Lipinski definition) is 7. The predicted molar refractivity (Wildman–Crippen MR) is 122 cm³/mol. The highest BCUT2D eigenvalue weighted by atomic mass is 16.7. The smallest absolute Gasteiger partial charge is 0.187 e. The third-order valence-corrected chi connectivity index (χ3v) is 7.23. The number of hydrogen-bond acceptors (Lipinski definition) is 10. The molecule has 2 saturated heterocycles. The van der Waals surface area contributed by atoms with Gasteiger partial charge in [-0.25, -0.2) is 0 Å². The summed E-state index contributed by atoms with van der Waals surface area (Å²) in [6, 6.07) is -0.897. The van der Waals surface area contributed by atoms with Crippen molar-refractivity contribution in [3.8, 4) is 0 Å². The summed E-state index contributed by atoms with van der Waals surface area (Å²) in [5, 5.41) is 63.0. The van der Waals surface area contributed by atoms with E-state index in [0.29, 0.717) is 18.6 Å². The Morgan fingerprint density at radius 1 is 0.912 bits per heavy atom. The number of carbonyl (C=O) groups excluding carboxylic acids is 1. The minimum Gasteiger partial charge on any atom is -0.395 e. The van der Waals surface area contributed by atoms with E-state index in [9.17, 15) is 35.4 Å². The molecule has 0 radical (unpaired) electrons. The van der Waals surface area contributed by atoms with E-state index in [2.05, 4.69) is 11.4 Å². The Morgan fingerprint density at radius 2 is 1.65 bits per heavy atom. The maximum absolute atomic E-state index is 11.9. The molecule has 0 aromatic heterocycles. The number of aliphatic hydroxyl groups excluding tert-OH is 6. The zero-order valence-electron chi connectivity index (χ0n) is 19.7. The molecule has 0 bridgehead atoms. The molecule has 2 aliphatic heterocycles. The number of unbranched alkanes of at least 4 members (excludes halogenated alkanes) is 4. The summed E-state index contributed by atoms with van der Waals surface area (Å²) in [5.74, 6) is 0.293. The third kappa shape index (κ3) is 6.83. The summed E-state index contributed by atoms with van der Waals surface area (Å²) >= 11 is 0. The van der Waals surface area contributed by atoms with Crippen LogP contribution in [0.2, 0.25) is 0 Å². The molecule has 0 saturated carbocycles. The van der Waals surface area contributed by atoms with Gasteiger partial charge in [-0.1, -0.05) is 31.8 Å². The van der Waals surface area contributed by atoms with Gasteiger partial charge in [0.2, 0.25) is 0 Å². The number of allylic oxidation sites excluding steroid dienone is 2. The number of ether oxygens (including phenoxy) is 2. The van der Waals surface area contributed by atoms with Gasteiger partial charge in [-0.05, 0) is 37.7 Å². The van der Waals surface area contributed by atoms with Crippen molar-refractivity contribution < 1.29 is 44.9 Å². The van der Waals surface area contributed by atoms with E-state index in [0.717, 1.165) is 56.9 Å². The Bertz CT molecular complexity index is 673. The van der Waals surface area contributed by atoms with Gasteiger partial charge in [-0.2, -0.15) is 0 Å². The molecule has 3 aliphatic rings. The van der Waals surface area contributed by atoms with Crippen molar-refractivity contribution in [2.75, 3.05) is 13.2 Å². The van der Waals surface area contributed by atoms with Crippen LogP contribution >= 0.6 is 0 Å². The van der Waals surface area contributed by atoms with Crippen molar-refractivity contribution in [2.24, 2.45) is 0 Å². The number of carbonyl (C=O) groups is 1. The van der Waals surface area contributed by atoms with Gasteiger partial charge < -0.3 is 45.4 Å². The molecule has 0 aromatic carbocycles. The molecule has 196 valence electrons. The molecule has 9 atom stereocenters. The third-order valence-electron chi connectivity index (χ3n) is 7.23. The van der Waals surface area contributed by atoms with Crippen molar-refractivity contribution in [1.29, 1.82) is 0 Å². The predicted octanol–water partition coefficient (Wildman–Crippen LogP) is -0.725. The average Bonchev–Trinajstić information content (AvgIpc) is 3.14. The van der Waals surface area contributed by atoms with E-state index in [1.165, 1.54) is 0 Å².